The van der Waals surface area contributed by atoms with Crippen molar-refractivity contribution in [2.24, 2.45) is 0 Å². The number of aromatic nitrogens is 4. The van der Waals surface area contributed by atoms with E-state index in [1.54, 1.807) is 30.9 Å². The van der Waals surface area contributed by atoms with Gasteiger partial charge in [0.25, 0.3) is 0 Å². The Morgan fingerprint density at radius 1 is 1.30 bits per heavy atom. The maximum atomic E-state index is 11.0. The number of benzene rings is 1. The van der Waals surface area contributed by atoms with Crippen LogP contribution < -0.4 is 0 Å². The first-order valence-corrected chi connectivity index (χ1v) is 6.36. The van der Waals surface area contributed by atoms with E-state index >= 15 is 0 Å². The standard InChI is InChI=1S/C14H14N4O2/c1-2-17-6-11(15-8-17)7-18-9-16-12-4-3-10(14(19)20)5-13(12)18/h3-6,8-9H,2,7H2,1H3,(H,19,20). The van der Waals surface area contributed by atoms with E-state index in [1.807, 2.05) is 15.3 Å². The molecule has 0 amide bonds. The van der Waals surface area contributed by atoms with E-state index in [4.69, 9.17) is 5.11 Å². The van der Waals surface area contributed by atoms with Gasteiger partial charge in [0.2, 0.25) is 0 Å². The number of hydrogen-bond acceptors (Lipinski definition) is 3. The first-order valence-electron chi connectivity index (χ1n) is 6.36. The van der Waals surface area contributed by atoms with Crippen molar-refractivity contribution in [2.45, 2.75) is 20.0 Å². The molecule has 0 saturated carbocycles. The molecule has 0 bridgehead atoms. The van der Waals surface area contributed by atoms with Crippen LogP contribution in [0, 0.1) is 0 Å². The van der Waals surface area contributed by atoms with Gasteiger partial charge in [-0.25, -0.2) is 14.8 Å². The van der Waals surface area contributed by atoms with Crippen LogP contribution in [0.15, 0.2) is 37.1 Å². The lowest BCUT2D eigenvalue weighted by molar-refractivity contribution is 0.0697. The van der Waals surface area contributed by atoms with Crippen LogP contribution in [0.5, 0.6) is 0 Å². The van der Waals surface area contributed by atoms with Gasteiger partial charge >= 0.3 is 5.97 Å². The van der Waals surface area contributed by atoms with Crippen LogP contribution in [-0.2, 0) is 13.1 Å². The summed E-state index contributed by atoms with van der Waals surface area (Å²) in [5.74, 6) is -0.935. The summed E-state index contributed by atoms with van der Waals surface area (Å²) in [7, 11) is 0. The molecular weight excluding hydrogens is 256 g/mol. The number of aromatic carboxylic acids is 1. The number of fused-ring (bicyclic) bond motifs is 1. The largest absolute Gasteiger partial charge is 0.478 e. The molecule has 0 atom stereocenters. The van der Waals surface area contributed by atoms with Crippen molar-refractivity contribution in [3.8, 4) is 0 Å². The summed E-state index contributed by atoms with van der Waals surface area (Å²) in [4.78, 5) is 19.6. The van der Waals surface area contributed by atoms with Crippen LogP contribution in [-0.4, -0.2) is 30.2 Å². The van der Waals surface area contributed by atoms with Crippen molar-refractivity contribution in [2.75, 3.05) is 0 Å². The summed E-state index contributed by atoms with van der Waals surface area (Å²) < 4.78 is 3.90. The molecule has 3 aromatic rings. The average molecular weight is 270 g/mol. The van der Waals surface area contributed by atoms with Gasteiger partial charge in [0.1, 0.15) is 0 Å². The van der Waals surface area contributed by atoms with Crippen LogP contribution in [0.1, 0.15) is 23.0 Å². The highest BCUT2D eigenvalue weighted by Gasteiger charge is 2.09. The SMILES string of the molecule is CCn1cnc(Cn2cnc3ccc(C(=O)O)cc32)c1. The number of hydrogen-bond donors (Lipinski definition) is 1. The van der Waals surface area contributed by atoms with Gasteiger partial charge in [0.05, 0.1) is 41.5 Å². The number of imidazole rings is 2. The lowest BCUT2D eigenvalue weighted by atomic mass is 10.2. The Morgan fingerprint density at radius 2 is 2.15 bits per heavy atom. The molecule has 1 aromatic carbocycles. The molecule has 0 spiro atoms. The van der Waals surface area contributed by atoms with Crippen LogP contribution in [0.2, 0.25) is 0 Å². The molecule has 0 saturated heterocycles. The molecule has 0 radical (unpaired) electrons. The fraction of sp³-hybridized carbons (Fsp3) is 0.214. The van der Waals surface area contributed by atoms with E-state index in [1.165, 1.54) is 0 Å². The highest BCUT2D eigenvalue weighted by atomic mass is 16.4. The van der Waals surface area contributed by atoms with Crippen molar-refractivity contribution in [3.05, 3.63) is 48.3 Å². The van der Waals surface area contributed by atoms with Gasteiger partial charge in [-0.15, -0.1) is 0 Å². The molecule has 6 heteroatoms. The summed E-state index contributed by atoms with van der Waals surface area (Å²) >= 11 is 0. The molecule has 0 aliphatic carbocycles. The lowest BCUT2D eigenvalue weighted by Gasteiger charge is -2.02. The molecule has 2 aromatic heterocycles. The average Bonchev–Trinajstić information content (AvgIpc) is 3.06. The van der Waals surface area contributed by atoms with Crippen LogP contribution in [0.4, 0.5) is 0 Å². The highest BCUT2D eigenvalue weighted by Crippen LogP contribution is 2.16. The lowest BCUT2D eigenvalue weighted by Crippen LogP contribution is -2.00. The Balaban J connectivity index is 1.98. The molecule has 3 rings (SSSR count). The van der Waals surface area contributed by atoms with Crippen molar-refractivity contribution < 1.29 is 9.90 Å². The Morgan fingerprint density at radius 3 is 2.85 bits per heavy atom. The fourth-order valence-electron chi connectivity index (χ4n) is 2.15. The predicted octanol–water partition coefficient (Wildman–Crippen LogP) is 2.00. The molecule has 0 aliphatic heterocycles. The monoisotopic (exact) mass is 270 g/mol. The number of rotatable bonds is 4. The van der Waals surface area contributed by atoms with E-state index < -0.39 is 5.97 Å². The van der Waals surface area contributed by atoms with Gasteiger partial charge in [0.15, 0.2) is 0 Å². The Labute approximate surface area is 115 Å². The number of nitrogens with zero attached hydrogens (tertiary/aromatic N) is 4. The van der Waals surface area contributed by atoms with Crippen LogP contribution in [0.25, 0.3) is 11.0 Å². The molecule has 2 heterocycles. The van der Waals surface area contributed by atoms with Crippen molar-refractivity contribution >= 4 is 17.0 Å². The van der Waals surface area contributed by atoms with Crippen LogP contribution in [0.3, 0.4) is 0 Å². The molecule has 0 aliphatic rings. The fourth-order valence-corrected chi connectivity index (χ4v) is 2.15. The predicted molar refractivity (Wildman–Crippen MR) is 73.7 cm³/mol. The van der Waals surface area contributed by atoms with Gasteiger partial charge in [-0.3, -0.25) is 0 Å². The minimum absolute atomic E-state index is 0.262. The normalized spacial score (nSPS) is 11.1. The van der Waals surface area contributed by atoms with Gasteiger partial charge < -0.3 is 14.2 Å². The van der Waals surface area contributed by atoms with Crippen molar-refractivity contribution in [3.63, 3.8) is 0 Å². The van der Waals surface area contributed by atoms with E-state index in [0.29, 0.717) is 6.54 Å². The van der Waals surface area contributed by atoms with Crippen molar-refractivity contribution in [1.29, 1.82) is 0 Å². The third-order valence-corrected chi connectivity index (χ3v) is 3.25. The maximum Gasteiger partial charge on any atom is 0.335 e. The van der Waals surface area contributed by atoms with E-state index in [9.17, 15) is 4.79 Å². The summed E-state index contributed by atoms with van der Waals surface area (Å²) in [5.41, 5.74) is 2.77. The number of carbonyl (C=O) groups is 1. The summed E-state index contributed by atoms with van der Waals surface area (Å²) in [6, 6.07) is 4.93. The smallest absolute Gasteiger partial charge is 0.335 e. The quantitative estimate of drug-likeness (QED) is 0.787. The van der Waals surface area contributed by atoms with E-state index in [0.717, 1.165) is 23.3 Å². The Hall–Kier alpha value is -2.63. The molecule has 20 heavy (non-hydrogen) atoms. The second-order valence-electron chi connectivity index (χ2n) is 4.58. The van der Waals surface area contributed by atoms with Crippen LogP contribution >= 0.6 is 0 Å². The second-order valence-corrected chi connectivity index (χ2v) is 4.58. The summed E-state index contributed by atoms with van der Waals surface area (Å²) in [6.07, 6.45) is 5.48. The van der Waals surface area contributed by atoms with Crippen molar-refractivity contribution in [1.82, 2.24) is 19.1 Å². The first kappa shape index (κ1) is 12.4. The number of carboxylic acid groups (broad SMARTS) is 1. The van der Waals surface area contributed by atoms with Gasteiger partial charge in [-0.1, -0.05) is 0 Å². The minimum atomic E-state index is -0.935. The van der Waals surface area contributed by atoms with Gasteiger partial charge in [0, 0.05) is 12.7 Å². The molecule has 0 fully saturated rings. The summed E-state index contributed by atoms with van der Waals surface area (Å²) in [5, 5.41) is 9.05. The molecule has 1 N–H and O–H groups in total. The zero-order valence-electron chi connectivity index (χ0n) is 11.0. The highest BCUT2D eigenvalue weighted by molar-refractivity contribution is 5.92. The first-order chi connectivity index (χ1) is 9.67. The maximum absolute atomic E-state index is 11.0. The molecule has 6 nitrogen and oxygen atoms in total. The Bertz CT molecular complexity index is 772. The van der Waals surface area contributed by atoms with Gasteiger partial charge in [-0.2, -0.15) is 0 Å². The number of carboxylic acids is 1. The molecule has 0 unspecified atom stereocenters. The van der Waals surface area contributed by atoms with Gasteiger partial charge in [-0.05, 0) is 25.1 Å². The minimum Gasteiger partial charge on any atom is -0.478 e. The van der Waals surface area contributed by atoms with E-state index in [-0.39, 0.29) is 5.56 Å². The molecular formula is C14H14N4O2. The Kier molecular flexibility index (Phi) is 2.98. The summed E-state index contributed by atoms with van der Waals surface area (Å²) in [6.45, 7) is 3.50. The zero-order valence-corrected chi connectivity index (χ0v) is 11.0. The molecule has 102 valence electrons. The topological polar surface area (TPSA) is 72.9 Å². The zero-order chi connectivity index (χ0) is 14.1. The number of aryl methyl sites for hydroxylation is 1. The third kappa shape index (κ3) is 2.16. The van der Waals surface area contributed by atoms with E-state index in [2.05, 4.69) is 16.9 Å². The third-order valence-electron chi connectivity index (χ3n) is 3.25. The second kappa shape index (κ2) is 4.80.